The maximum atomic E-state index is 11.7. The van der Waals surface area contributed by atoms with Gasteiger partial charge in [-0.15, -0.1) is 5.10 Å². The number of esters is 1. The predicted octanol–water partition coefficient (Wildman–Crippen LogP) is 1.85. The van der Waals surface area contributed by atoms with Gasteiger partial charge < -0.3 is 4.74 Å². The Bertz CT molecular complexity index is 750. The fourth-order valence-corrected chi connectivity index (χ4v) is 2.48. The number of thioether (sulfide) groups is 1. The Morgan fingerprint density at radius 3 is 2.82 bits per heavy atom. The first-order valence-electron chi connectivity index (χ1n) is 6.82. The van der Waals surface area contributed by atoms with E-state index < -0.39 is 12.1 Å². The molecule has 0 aliphatic carbocycles. The third-order valence-corrected chi connectivity index (χ3v) is 3.82. The summed E-state index contributed by atoms with van der Waals surface area (Å²) in [5, 5.41) is 13.7. The molecule has 7 nitrogen and oxygen atoms in total. The Kier molecular flexibility index (Phi) is 4.98. The minimum atomic E-state index is -0.727. The molecule has 0 fully saturated rings. The van der Waals surface area contributed by atoms with Crippen molar-refractivity contribution in [3.05, 3.63) is 17.0 Å². The Hall–Kier alpha value is -2.14. The summed E-state index contributed by atoms with van der Waals surface area (Å²) in [6.45, 7) is 5.36. The minimum absolute atomic E-state index is 0.199. The lowest BCUT2D eigenvalue weighted by molar-refractivity contribution is -0.145. The molecular weight excluding hydrogens is 302 g/mol. The topological polar surface area (TPSA) is 93.2 Å². The molecule has 0 saturated heterocycles. The average molecular weight is 319 g/mol. The molecule has 2 aromatic heterocycles. The van der Waals surface area contributed by atoms with E-state index in [1.54, 1.807) is 11.4 Å². The Balaban J connectivity index is 2.21. The zero-order chi connectivity index (χ0) is 16.3. The van der Waals surface area contributed by atoms with E-state index in [1.165, 1.54) is 11.8 Å². The largest absolute Gasteiger partial charge is 0.447 e. The maximum Gasteiger partial charge on any atom is 0.307 e. The third-order valence-electron chi connectivity index (χ3n) is 3.28. The van der Waals surface area contributed by atoms with E-state index in [1.807, 2.05) is 26.2 Å². The number of hydrogen-bond donors (Lipinski definition) is 0. The van der Waals surface area contributed by atoms with Crippen molar-refractivity contribution < 1.29 is 9.53 Å². The van der Waals surface area contributed by atoms with Crippen LogP contribution in [-0.2, 0) is 16.0 Å². The number of rotatable bonds is 5. The van der Waals surface area contributed by atoms with Gasteiger partial charge in [-0.25, -0.2) is 9.50 Å². The van der Waals surface area contributed by atoms with Crippen molar-refractivity contribution in [3.8, 4) is 6.07 Å². The van der Waals surface area contributed by atoms with Crippen molar-refractivity contribution in [2.24, 2.45) is 0 Å². The SMILES string of the molecule is CSc1nc2nc(C)c(CCC(=O)O[C@H](C)C#N)c(C)n2n1. The highest BCUT2D eigenvalue weighted by atomic mass is 32.2. The first kappa shape index (κ1) is 16.2. The van der Waals surface area contributed by atoms with Gasteiger partial charge in [0, 0.05) is 17.8 Å². The quantitative estimate of drug-likeness (QED) is 0.613. The predicted molar refractivity (Wildman–Crippen MR) is 81.5 cm³/mol. The smallest absolute Gasteiger partial charge is 0.307 e. The normalized spacial score (nSPS) is 12.1. The highest BCUT2D eigenvalue weighted by molar-refractivity contribution is 7.98. The Morgan fingerprint density at radius 1 is 1.45 bits per heavy atom. The van der Waals surface area contributed by atoms with Gasteiger partial charge in [-0.1, -0.05) is 11.8 Å². The molecule has 0 aliphatic rings. The number of nitriles is 1. The molecule has 0 aliphatic heterocycles. The number of fused-ring (bicyclic) bond motifs is 1. The summed E-state index contributed by atoms with van der Waals surface area (Å²) in [6.07, 6.45) is 1.87. The number of ether oxygens (including phenoxy) is 1. The van der Waals surface area contributed by atoms with Gasteiger partial charge in [0.15, 0.2) is 6.10 Å². The molecule has 0 N–H and O–H groups in total. The molecule has 0 unspecified atom stereocenters. The molecule has 0 aromatic carbocycles. The van der Waals surface area contributed by atoms with Crippen LogP contribution in [0.3, 0.4) is 0 Å². The number of nitrogens with zero attached hydrogens (tertiary/aromatic N) is 5. The molecule has 2 rings (SSSR count). The van der Waals surface area contributed by atoms with Crippen molar-refractivity contribution in [3.63, 3.8) is 0 Å². The van der Waals surface area contributed by atoms with E-state index in [0.717, 1.165) is 17.0 Å². The van der Waals surface area contributed by atoms with Crippen LogP contribution in [0.2, 0.25) is 0 Å². The monoisotopic (exact) mass is 319 g/mol. The molecule has 2 aromatic rings. The number of aromatic nitrogens is 4. The molecular formula is C14H17N5O2S. The van der Waals surface area contributed by atoms with Crippen LogP contribution < -0.4 is 0 Å². The standard InChI is InChI=1S/C14H17N5O2S/c1-8(7-15)21-12(20)6-5-11-9(2)16-13-17-14(22-4)18-19(13)10(11)3/h8H,5-6H2,1-4H3/t8-/m1/s1. The van der Waals surface area contributed by atoms with Crippen LogP contribution in [0.1, 0.15) is 30.3 Å². The number of carbonyl (C=O) groups is 1. The zero-order valence-electron chi connectivity index (χ0n) is 13.0. The fourth-order valence-electron chi connectivity index (χ4n) is 2.15. The van der Waals surface area contributed by atoms with Gasteiger partial charge >= 0.3 is 5.97 Å². The van der Waals surface area contributed by atoms with E-state index in [2.05, 4.69) is 15.1 Å². The van der Waals surface area contributed by atoms with Gasteiger partial charge in [-0.05, 0) is 39.0 Å². The lowest BCUT2D eigenvalue weighted by Gasteiger charge is -2.10. The van der Waals surface area contributed by atoms with Crippen molar-refractivity contribution in [1.82, 2.24) is 19.6 Å². The average Bonchev–Trinajstić information content (AvgIpc) is 2.90. The second-order valence-electron chi connectivity index (χ2n) is 4.83. The van der Waals surface area contributed by atoms with E-state index in [-0.39, 0.29) is 6.42 Å². The lowest BCUT2D eigenvalue weighted by Crippen LogP contribution is -2.14. The molecule has 8 heteroatoms. The van der Waals surface area contributed by atoms with Gasteiger partial charge in [0.05, 0.1) is 0 Å². The van der Waals surface area contributed by atoms with Gasteiger partial charge in [0.2, 0.25) is 5.16 Å². The highest BCUT2D eigenvalue weighted by Crippen LogP contribution is 2.18. The summed E-state index contributed by atoms with van der Waals surface area (Å²) in [5.74, 6) is 0.167. The summed E-state index contributed by atoms with van der Waals surface area (Å²) in [4.78, 5) is 20.4. The fraction of sp³-hybridized carbons (Fsp3) is 0.500. The van der Waals surface area contributed by atoms with Crippen LogP contribution in [0.25, 0.3) is 5.78 Å². The molecule has 0 saturated carbocycles. The summed E-state index contributed by atoms with van der Waals surface area (Å²) in [6, 6.07) is 1.87. The molecule has 22 heavy (non-hydrogen) atoms. The highest BCUT2D eigenvalue weighted by Gasteiger charge is 2.15. The minimum Gasteiger partial charge on any atom is -0.447 e. The zero-order valence-corrected chi connectivity index (χ0v) is 13.8. The van der Waals surface area contributed by atoms with Crippen LogP contribution in [0.15, 0.2) is 5.16 Å². The molecule has 0 radical (unpaired) electrons. The molecule has 2 heterocycles. The summed E-state index contributed by atoms with van der Waals surface area (Å²) < 4.78 is 6.64. The van der Waals surface area contributed by atoms with Gasteiger partial charge in [0.1, 0.15) is 6.07 Å². The molecule has 0 amide bonds. The molecule has 0 bridgehead atoms. The third kappa shape index (κ3) is 3.36. The van der Waals surface area contributed by atoms with Crippen molar-refractivity contribution in [2.45, 2.75) is 44.9 Å². The Labute approximate surface area is 132 Å². The second-order valence-corrected chi connectivity index (χ2v) is 5.61. The first-order chi connectivity index (χ1) is 10.5. The molecule has 0 spiro atoms. The summed E-state index contributed by atoms with van der Waals surface area (Å²) in [5.41, 5.74) is 2.69. The first-order valence-corrected chi connectivity index (χ1v) is 8.04. The number of aryl methyl sites for hydroxylation is 2. The van der Waals surface area contributed by atoms with Gasteiger partial charge in [-0.3, -0.25) is 4.79 Å². The van der Waals surface area contributed by atoms with E-state index in [0.29, 0.717) is 17.4 Å². The molecule has 116 valence electrons. The van der Waals surface area contributed by atoms with Crippen molar-refractivity contribution >= 4 is 23.5 Å². The van der Waals surface area contributed by atoms with Gasteiger partial charge in [-0.2, -0.15) is 10.2 Å². The van der Waals surface area contributed by atoms with Crippen LogP contribution in [0, 0.1) is 25.2 Å². The van der Waals surface area contributed by atoms with Crippen molar-refractivity contribution in [1.29, 1.82) is 5.26 Å². The van der Waals surface area contributed by atoms with Crippen molar-refractivity contribution in [2.75, 3.05) is 6.26 Å². The van der Waals surface area contributed by atoms with Crippen LogP contribution in [0.4, 0.5) is 0 Å². The second kappa shape index (κ2) is 6.75. The number of hydrogen-bond acceptors (Lipinski definition) is 7. The summed E-state index contributed by atoms with van der Waals surface area (Å²) >= 11 is 1.45. The van der Waals surface area contributed by atoms with Gasteiger partial charge in [0.25, 0.3) is 5.78 Å². The molecule has 1 atom stereocenters. The Morgan fingerprint density at radius 2 is 2.18 bits per heavy atom. The van der Waals surface area contributed by atoms with Crippen LogP contribution >= 0.6 is 11.8 Å². The van der Waals surface area contributed by atoms with Crippen LogP contribution in [0.5, 0.6) is 0 Å². The van der Waals surface area contributed by atoms with E-state index in [9.17, 15) is 4.79 Å². The van der Waals surface area contributed by atoms with Crippen LogP contribution in [-0.4, -0.2) is 37.9 Å². The van der Waals surface area contributed by atoms with E-state index >= 15 is 0 Å². The van der Waals surface area contributed by atoms with E-state index in [4.69, 9.17) is 10.00 Å². The maximum absolute atomic E-state index is 11.7. The summed E-state index contributed by atoms with van der Waals surface area (Å²) in [7, 11) is 0. The number of carbonyl (C=O) groups excluding carboxylic acids is 1. The lowest BCUT2D eigenvalue weighted by atomic mass is 10.1.